The third-order valence-electron chi connectivity index (χ3n) is 2.25. The fourth-order valence-electron chi connectivity index (χ4n) is 1.14. The smallest absolute Gasteiger partial charge is 0.404 e. The van der Waals surface area contributed by atoms with E-state index in [1.165, 1.54) is 6.92 Å². The van der Waals surface area contributed by atoms with Crippen LogP contribution in [0.3, 0.4) is 0 Å². The van der Waals surface area contributed by atoms with Gasteiger partial charge in [0, 0.05) is 0 Å². The number of amides is 2. The van der Waals surface area contributed by atoms with E-state index in [9.17, 15) is 14.4 Å². The molecule has 0 saturated heterocycles. The number of carboxylic acid groups (broad SMARTS) is 1. The van der Waals surface area contributed by atoms with E-state index in [-0.39, 0.29) is 13.2 Å². The van der Waals surface area contributed by atoms with Crippen molar-refractivity contribution in [2.45, 2.75) is 26.2 Å². The minimum absolute atomic E-state index is 0.0353. The van der Waals surface area contributed by atoms with Crippen LogP contribution in [0.2, 0.25) is 0 Å². The second kappa shape index (κ2) is 10.00. The molecule has 0 aliphatic carbocycles. The van der Waals surface area contributed by atoms with Crippen molar-refractivity contribution in [2.24, 2.45) is 17.2 Å². The van der Waals surface area contributed by atoms with Crippen LogP contribution in [-0.4, -0.2) is 29.3 Å². The molecule has 0 aliphatic heterocycles. The van der Waals surface area contributed by atoms with Gasteiger partial charge in [-0.2, -0.15) is 0 Å². The molecule has 0 fully saturated rings. The highest BCUT2D eigenvalue weighted by Gasteiger charge is 2.05. The lowest BCUT2D eigenvalue weighted by molar-refractivity contribution is -0.138. The van der Waals surface area contributed by atoms with E-state index in [4.69, 9.17) is 22.3 Å². The maximum absolute atomic E-state index is 10.4. The van der Waals surface area contributed by atoms with Gasteiger partial charge in [-0.25, -0.2) is 9.59 Å². The summed E-state index contributed by atoms with van der Waals surface area (Å²) < 4.78 is 9.29. The van der Waals surface area contributed by atoms with Gasteiger partial charge in [0.15, 0.2) is 0 Å². The second-order valence-corrected chi connectivity index (χ2v) is 4.11. The second-order valence-electron chi connectivity index (χ2n) is 4.11. The number of aliphatic carboxylic acids is 1. The van der Waals surface area contributed by atoms with Crippen LogP contribution in [0.15, 0.2) is 24.3 Å². The SMILES string of the molecule is C[C@H](N)C(=O)O.NC(=O)OCc1ccccc1COC(N)=O. The van der Waals surface area contributed by atoms with Gasteiger partial charge in [0.1, 0.15) is 19.3 Å². The van der Waals surface area contributed by atoms with Crippen molar-refractivity contribution in [2.75, 3.05) is 0 Å². The van der Waals surface area contributed by atoms with E-state index in [1.807, 2.05) is 0 Å². The van der Waals surface area contributed by atoms with Gasteiger partial charge in [0.05, 0.1) is 0 Å². The first-order valence-corrected chi connectivity index (χ1v) is 6.13. The Morgan fingerprint density at radius 3 is 1.59 bits per heavy atom. The molecule has 22 heavy (non-hydrogen) atoms. The molecule has 0 spiro atoms. The zero-order valence-corrected chi connectivity index (χ0v) is 12.0. The number of carbonyl (C=O) groups excluding carboxylic acids is 2. The molecule has 0 unspecified atom stereocenters. The first-order valence-electron chi connectivity index (χ1n) is 6.13. The van der Waals surface area contributed by atoms with Crippen LogP contribution < -0.4 is 17.2 Å². The molecule has 7 N–H and O–H groups in total. The fraction of sp³-hybridized carbons (Fsp3) is 0.308. The molecule has 9 heteroatoms. The molecule has 9 nitrogen and oxygen atoms in total. The number of hydrogen-bond acceptors (Lipinski definition) is 6. The standard InChI is InChI=1S/C10H12N2O4.C3H7NO2/c11-9(13)15-5-7-3-1-2-4-8(7)6-16-10(12)14;1-2(4)3(5)6/h1-4H,5-6H2,(H2,11,13)(H2,12,14);2H,4H2,1H3,(H,5,6)/t;2-/m.0/s1. The van der Waals surface area contributed by atoms with E-state index in [0.29, 0.717) is 11.1 Å². The molecule has 0 bridgehead atoms. The highest BCUT2D eigenvalue weighted by atomic mass is 16.5. The molecular formula is C13H19N3O6. The molecule has 0 saturated carbocycles. The Morgan fingerprint density at radius 2 is 1.36 bits per heavy atom. The summed E-state index contributed by atoms with van der Waals surface area (Å²) in [6.07, 6.45) is -1.71. The van der Waals surface area contributed by atoms with Crippen LogP contribution in [0.4, 0.5) is 9.59 Å². The Bertz CT molecular complexity index is 481. The molecule has 0 radical (unpaired) electrons. The van der Waals surface area contributed by atoms with Gasteiger partial charge in [-0.3, -0.25) is 4.79 Å². The predicted molar refractivity (Wildman–Crippen MR) is 76.5 cm³/mol. The summed E-state index contributed by atoms with van der Waals surface area (Å²) >= 11 is 0. The number of carboxylic acids is 1. The molecule has 0 aromatic heterocycles. The zero-order chi connectivity index (χ0) is 17.1. The number of ether oxygens (including phenoxy) is 2. The molecule has 1 aromatic carbocycles. The third kappa shape index (κ3) is 9.15. The lowest BCUT2D eigenvalue weighted by atomic mass is 10.1. The predicted octanol–water partition coefficient (Wildman–Crippen LogP) is 0.295. The fourth-order valence-corrected chi connectivity index (χ4v) is 1.14. The maximum Gasteiger partial charge on any atom is 0.404 e. The maximum atomic E-state index is 10.4. The Balaban J connectivity index is 0.000000626. The van der Waals surface area contributed by atoms with Crippen molar-refractivity contribution in [3.8, 4) is 0 Å². The van der Waals surface area contributed by atoms with Crippen molar-refractivity contribution in [3.05, 3.63) is 35.4 Å². The first-order chi connectivity index (χ1) is 10.2. The minimum Gasteiger partial charge on any atom is -0.480 e. The largest absolute Gasteiger partial charge is 0.480 e. The van der Waals surface area contributed by atoms with Crippen LogP contribution in [0.25, 0.3) is 0 Å². The molecular weight excluding hydrogens is 294 g/mol. The van der Waals surface area contributed by atoms with Gasteiger partial charge in [-0.1, -0.05) is 24.3 Å². The quantitative estimate of drug-likeness (QED) is 0.605. The van der Waals surface area contributed by atoms with Gasteiger partial charge in [0.2, 0.25) is 0 Å². The van der Waals surface area contributed by atoms with Crippen molar-refractivity contribution < 1.29 is 29.0 Å². The Morgan fingerprint density at radius 1 is 1.05 bits per heavy atom. The Hall–Kier alpha value is -2.81. The number of nitrogens with two attached hydrogens (primary N) is 3. The van der Waals surface area contributed by atoms with Crippen LogP contribution >= 0.6 is 0 Å². The van der Waals surface area contributed by atoms with E-state index >= 15 is 0 Å². The monoisotopic (exact) mass is 313 g/mol. The van der Waals surface area contributed by atoms with Crippen molar-refractivity contribution in [1.82, 2.24) is 0 Å². The average Bonchev–Trinajstić information content (AvgIpc) is 2.44. The van der Waals surface area contributed by atoms with Gasteiger partial charge >= 0.3 is 18.2 Å². The minimum atomic E-state index is -0.963. The normalized spacial score (nSPS) is 10.6. The molecule has 1 aromatic rings. The third-order valence-corrected chi connectivity index (χ3v) is 2.25. The zero-order valence-electron chi connectivity index (χ0n) is 12.0. The lowest BCUT2D eigenvalue weighted by Gasteiger charge is -2.08. The van der Waals surface area contributed by atoms with Crippen LogP contribution in [0, 0.1) is 0 Å². The molecule has 122 valence electrons. The van der Waals surface area contributed by atoms with Gasteiger partial charge < -0.3 is 31.8 Å². The van der Waals surface area contributed by atoms with Gasteiger partial charge in [-0.05, 0) is 18.1 Å². The summed E-state index contributed by atoms with van der Waals surface area (Å²) in [5.74, 6) is -0.963. The molecule has 2 amide bonds. The van der Waals surface area contributed by atoms with Crippen molar-refractivity contribution >= 4 is 18.2 Å². The molecule has 1 atom stereocenters. The molecule has 0 heterocycles. The van der Waals surface area contributed by atoms with E-state index in [2.05, 4.69) is 9.47 Å². The number of benzene rings is 1. The van der Waals surface area contributed by atoms with Crippen molar-refractivity contribution in [1.29, 1.82) is 0 Å². The van der Waals surface area contributed by atoms with Crippen LogP contribution in [-0.2, 0) is 27.5 Å². The molecule has 1 rings (SSSR count). The van der Waals surface area contributed by atoms with E-state index in [0.717, 1.165) is 0 Å². The number of carbonyl (C=O) groups is 3. The highest BCUT2D eigenvalue weighted by molar-refractivity contribution is 5.72. The Labute approximate surface area is 127 Å². The average molecular weight is 313 g/mol. The van der Waals surface area contributed by atoms with Gasteiger partial charge in [0.25, 0.3) is 0 Å². The summed E-state index contributed by atoms with van der Waals surface area (Å²) in [7, 11) is 0. The summed E-state index contributed by atoms with van der Waals surface area (Å²) in [5.41, 5.74) is 15.9. The number of primary amides is 2. The topological polar surface area (TPSA) is 168 Å². The molecule has 0 aliphatic rings. The van der Waals surface area contributed by atoms with E-state index in [1.54, 1.807) is 24.3 Å². The lowest BCUT2D eigenvalue weighted by Crippen LogP contribution is -2.25. The van der Waals surface area contributed by atoms with Crippen molar-refractivity contribution in [3.63, 3.8) is 0 Å². The number of rotatable bonds is 5. The van der Waals surface area contributed by atoms with E-state index < -0.39 is 24.2 Å². The summed E-state index contributed by atoms with van der Waals surface area (Å²) in [5, 5.41) is 7.87. The van der Waals surface area contributed by atoms with Crippen LogP contribution in [0.5, 0.6) is 0 Å². The first kappa shape index (κ1) is 19.2. The summed E-state index contributed by atoms with van der Waals surface area (Å²) in [4.78, 5) is 30.5. The van der Waals surface area contributed by atoms with Crippen LogP contribution in [0.1, 0.15) is 18.1 Å². The highest BCUT2D eigenvalue weighted by Crippen LogP contribution is 2.11. The Kier molecular flexibility index (Phi) is 8.72. The summed E-state index contributed by atoms with van der Waals surface area (Å²) in [6, 6.07) is 6.29. The van der Waals surface area contributed by atoms with Gasteiger partial charge in [-0.15, -0.1) is 0 Å². The number of hydrogen-bond donors (Lipinski definition) is 4. The summed E-state index contributed by atoms with van der Waals surface area (Å²) in [6.45, 7) is 1.49.